The minimum atomic E-state index is -0.373. The van der Waals surface area contributed by atoms with Crippen LogP contribution in [0.2, 0.25) is 10.0 Å². The van der Waals surface area contributed by atoms with E-state index in [0.29, 0.717) is 25.8 Å². The van der Waals surface area contributed by atoms with Crippen molar-refractivity contribution in [1.29, 1.82) is 0 Å². The fraction of sp³-hybridized carbons (Fsp3) is 0.364. The van der Waals surface area contributed by atoms with E-state index in [-0.39, 0.29) is 5.97 Å². The van der Waals surface area contributed by atoms with Crippen LogP contribution in [0.1, 0.15) is 30.1 Å². The second-order valence-corrected chi connectivity index (χ2v) is 5.16. The highest BCUT2D eigenvalue weighted by Gasteiger charge is 2.15. The van der Waals surface area contributed by atoms with Crippen molar-refractivity contribution in [2.75, 3.05) is 6.61 Å². The maximum Gasteiger partial charge on any atom is 0.339 e. The molecule has 0 spiro atoms. The predicted octanol–water partition coefficient (Wildman–Crippen LogP) is 4.55. The van der Waals surface area contributed by atoms with Crippen molar-refractivity contribution < 1.29 is 9.53 Å². The van der Waals surface area contributed by atoms with Crippen LogP contribution in [-0.4, -0.2) is 12.6 Å². The second kappa shape index (κ2) is 6.67. The highest BCUT2D eigenvalue weighted by Crippen LogP contribution is 2.27. The maximum atomic E-state index is 11.7. The van der Waals surface area contributed by atoms with Gasteiger partial charge in [0.05, 0.1) is 17.2 Å². The molecule has 1 rings (SSSR count). The number of carbonyl (C=O) groups is 1. The molecule has 1 aromatic carbocycles. The van der Waals surface area contributed by atoms with E-state index < -0.39 is 0 Å². The molecule has 0 N–H and O–H groups in total. The molecule has 0 aromatic heterocycles. The fourth-order valence-corrected chi connectivity index (χ4v) is 2.12. The Morgan fingerprint density at radius 2 is 2.12 bits per heavy atom. The summed E-state index contributed by atoms with van der Waals surface area (Å²) in [5.41, 5.74) is 0.425. The number of rotatable bonds is 4. The predicted molar refractivity (Wildman–Crippen MR) is 74.4 cm³/mol. The van der Waals surface area contributed by atoms with Crippen molar-refractivity contribution in [3.8, 4) is 0 Å². The van der Waals surface area contributed by atoms with Crippen LogP contribution in [0, 0.1) is 3.57 Å². The van der Waals surface area contributed by atoms with Gasteiger partial charge < -0.3 is 4.74 Å². The molecule has 5 heteroatoms. The Balaban J connectivity index is 2.82. The monoisotopic (exact) mass is 372 g/mol. The largest absolute Gasteiger partial charge is 0.462 e. The molecule has 0 amide bonds. The molecule has 0 bridgehead atoms. The zero-order chi connectivity index (χ0) is 12.1. The molecule has 0 saturated carbocycles. The van der Waals surface area contributed by atoms with Crippen LogP contribution in [0.25, 0.3) is 0 Å². The molecule has 0 unspecified atom stereocenters. The van der Waals surface area contributed by atoms with E-state index in [9.17, 15) is 4.79 Å². The lowest BCUT2D eigenvalue weighted by molar-refractivity contribution is 0.0498. The van der Waals surface area contributed by atoms with Crippen molar-refractivity contribution in [2.45, 2.75) is 19.8 Å². The molecule has 0 aliphatic carbocycles. The van der Waals surface area contributed by atoms with Crippen LogP contribution in [0.5, 0.6) is 0 Å². The lowest BCUT2D eigenvalue weighted by Crippen LogP contribution is -2.08. The molecular formula is C11H11Cl2IO2. The molecule has 0 fully saturated rings. The van der Waals surface area contributed by atoms with Gasteiger partial charge in [0, 0.05) is 8.59 Å². The summed E-state index contributed by atoms with van der Waals surface area (Å²) in [6.45, 7) is 2.46. The highest BCUT2D eigenvalue weighted by molar-refractivity contribution is 14.1. The first-order valence-electron chi connectivity index (χ1n) is 4.88. The van der Waals surface area contributed by atoms with Crippen molar-refractivity contribution in [3.05, 3.63) is 31.3 Å². The summed E-state index contributed by atoms with van der Waals surface area (Å²) in [6, 6.07) is 3.18. The van der Waals surface area contributed by atoms with E-state index >= 15 is 0 Å². The summed E-state index contributed by atoms with van der Waals surface area (Å²) in [5.74, 6) is -0.373. The van der Waals surface area contributed by atoms with Gasteiger partial charge in [-0.1, -0.05) is 36.5 Å². The van der Waals surface area contributed by atoms with Crippen LogP contribution in [0.4, 0.5) is 0 Å². The number of ether oxygens (including phenoxy) is 1. The highest BCUT2D eigenvalue weighted by atomic mass is 127. The topological polar surface area (TPSA) is 26.3 Å². The van der Waals surface area contributed by atoms with Crippen LogP contribution in [0.15, 0.2) is 12.1 Å². The third kappa shape index (κ3) is 3.79. The third-order valence-electron chi connectivity index (χ3n) is 1.94. The Hall–Kier alpha value is -0.000000000000000111. The Morgan fingerprint density at radius 3 is 2.75 bits per heavy atom. The minimum Gasteiger partial charge on any atom is -0.462 e. The van der Waals surface area contributed by atoms with Gasteiger partial charge in [-0.05, 0) is 41.1 Å². The van der Waals surface area contributed by atoms with Crippen molar-refractivity contribution in [3.63, 3.8) is 0 Å². The number of carbonyl (C=O) groups excluding carboxylic acids is 1. The van der Waals surface area contributed by atoms with Crippen LogP contribution < -0.4 is 0 Å². The molecule has 0 atom stereocenters. The van der Waals surface area contributed by atoms with E-state index in [0.717, 1.165) is 12.8 Å². The van der Waals surface area contributed by atoms with E-state index in [1.807, 2.05) is 29.5 Å². The van der Waals surface area contributed by atoms with Gasteiger partial charge in [0.2, 0.25) is 0 Å². The lowest BCUT2D eigenvalue weighted by Gasteiger charge is -2.07. The molecule has 0 heterocycles. The Kier molecular flexibility index (Phi) is 5.86. The first-order chi connectivity index (χ1) is 7.56. The van der Waals surface area contributed by atoms with E-state index in [1.165, 1.54) is 0 Å². The summed E-state index contributed by atoms with van der Waals surface area (Å²) in [5, 5.41) is 0.906. The minimum absolute atomic E-state index is 0.373. The molecule has 16 heavy (non-hydrogen) atoms. The first kappa shape index (κ1) is 14.1. The average Bonchev–Trinajstić information content (AvgIpc) is 2.23. The van der Waals surface area contributed by atoms with Gasteiger partial charge in [0.25, 0.3) is 0 Å². The molecule has 0 radical (unpaired) electrons. The Morgan fingerprint density at radius 1 is 1.44 bits per heavy atom. The number of unbranched alkanes of at least 4 members (excludes halogenated alkanes) is 1. The molecule has 0 saturated heterocycles. The van der Waals surface area contributed by atoms with Gasteiger partial charge in [-0.2, -0.15) is 0 Å². The van der Waals surface area contributed by atoms with E-state index in [4.69, 9.17) is 27.9 Å². The summed E-state index contributed by atoms with van der Waals surface area (Å²) in [6.07, 6.45) is 1.84. The SMILES string of the molecule is CCCCOC(=O)c1cc(Cl)cc(Cl)c1I. The molecule has 88 valence electrons. The molecule has 2 nitrogen and oxygen atoms in total. The zero-order valence-corrected chi connectivity index (χ0v) is 12.4. The molecule has 1 aromatic rings. The lowest BCUT2D eigenvalue weighted by atomic mass is 10.2. The van der Waals surface area contributed by atoms with E-state index in [1.54, 1.807) is 12.1 Å². The van der Waals surface area contributed by atoms with Crippen molar-refractivity contribution in [2.24, 2.45) is 0 Å². The maximum absolute atomic E-state index is 11.7. The second-order valence-electron chi connectivity index (χ2n) is 3.24. The average molecular weight is 373 g/mol. The van der Waals surface area contributed by atoms with Crippen LogP contribution in [-0.2, 0) is 4.74 Å². The zero-order valence-electron chi connectivity index (χ0n) is 8.73. The number of benzene rings is 1. The summed E-state index contributed by atoms with van der Waals surface area (Å²) < 4.78 is 5.77. The third-order valence-corrected chi connectivity index (χ3v) is 3.94. The summed E-state index contributed by atoms with van der Waals surface area (Å²) in [4.78, 5) is 11.7. The van der Waals surface area contributed by atoms with Gasteiger partial charge >= 0.3 is 5.97 Å². The fourth-order valence-electron chi connectivity index (χ4n) is 1.09. The smallest absolute Gasteiger partial charge is 0.339 e. The number of esters is 1. The van der Waals surface area contributed by atoms with Gasteiger partial charge in [-0.15, -0.1) is 0 Å². The van der Waals surface area contributed by atoms with Gasteiger partial charge in [-0.25, -0.2) is 4.79 Å². The van der Waals surface area contributed by atoms with Crippen LogP contribution in [0.3, 0.4) is 0 Å². The van der Waals surface area contributed by atoms with Crippen molar-refractivity contribution in [1.82, 2.24) is 0 Å². The van der Waals surface area contributed by atoms with Gasteiger partial charge in [0.15, 0.2) is 0 Å². The summed E-state index contributed by atoms with van der Waals surface area (Å²) >= 11 is 13.8. The van der Waals surface area contributed by atoms with Gasteiger partial charge in [0.1, 0.15) is 0 Å². The van der Waals surface area contributed by atoms with Crippen molar-refractivity contribution >= 4 is 51.8 Å². The molecular weight excluding hydrogens is 362 g/mol. The number of hydrogen-bond acceptors (Lipinski definition) is 2. The number of halogens is 3. The summed E-state index contributed by atoms with van der Waals surface area (Å²) in [7, 11) is 0. The van der Waals surface area contributed by atoms with Gasteiger partial charge in [-0.3, -0.25) is 0 Å². The number of hydrogen-bond donors (Lipinski definition) is 0. The van der Waals surface area contributed by atoms with E-state index in [2.05, 4.69) is 0 Å². The Bertz CT molecular complexity index is 394. The quantitative estimate of drug-likeness (QED) is 0.335. The standard InChI is InChI=1S/C11H11Cl2IO2/c1-2-3-4-16-11(15)8-5-7(12)6-9(13)10(8)14/h5-6H,2-4H2,1H3. The first-order valence-corrected chi connectivity index (χ1v) is 6.71. The Labute approximate surface area is 118 Å². The molecule has 0 aliphatic heterocycles. The normalized spacial score (nSPS) is 10.2. The van der Waals surface area contributed by atoms with Crippen LogP contribution >= 0.6 is 45.8 Å². The molecule has 0 aliphatic rings.